The minimum Gasteiger partial charge on any atom is -0.493 e. The third-order valence-corrected chi connectivity index (χ3v) is 5.28. The number of rotatable bonds is 9. The zero-order valence-electron chi connectivity index (χ0n) is 18.6. The Morgan fingerprint density at radius 2 is 1.68 bits per heavy atom. The van der Waals surface area contributed by atoms with Crippen molar-refractivity contribution in [3.63, 3.8) is 0 Å². The Labute approximate surface area is 184 Å². The number of methoxy groups -OCH3 is 2. The second-order valence-electron chi connectivity index (χ2n) is 7.78. The van der Waals surface area contributed by atoms with Crippen molar-refractivity contribution in [3.05, 3.63) is 77.6 Å². The zero-order chi connectivity index (χ0) is 22.2. The molecule has 0 bridgehead atoms. The number of aromatic nitrogens is 1. The number of hydrogen-bond acceptors (Lipinski definition) is 4. The van der Waals surface area contributed by atoms with E-state index in [1.807, 2.05) is 61.8 Å². The van der Waals surface area contributed by atoms with Crippen molar-refractivity contribution in [1.29, 1.82) is 0 Å². The first-order valence-corrected chi connectivity index (χ1v) is 10.5. The maximum atomic E-state index is 12.6. The molecule has 0 saturated heterocycles. The van der Waals surface area contributed by atoms with Crippen LogP contribution in [0.4, 0.5) is 0 Å². The molecule has 2 aromatic carbocycles. The van der Waals surface area contributed by atoms with Crippen molar-refractivity contribution in [2.45, 2.75) is 39.2 Å². The fraction of sp³-hybridized carbons (Fsp3) is 0.308. The smallest absolute Gasteiger partial charge is 0.251 e. The van der Waals surface area contributed by atoms with Crippen molar-refractivity contribution in [3.8, 4) is 22.6 Å². The third kappa shape index (κ3) is 6.07. The summed E-state index contributed by atoms with van der Waals surface area (Å²) in [5, 5.41) is 3.10. The van der Waals surface area contributed by atoms with Gasteiger partial charge in [0.25, 0.3) is 5.91 Å². The number of carbonyl (C=O) groups is 1. The van der Waals surface area contributed by atoms with Gasteiger partial charge in [0.15, 0.2) is 11.5 Å². The van der Waals surface area contributed by atoms with E-state index in [0.717, 1.165) is 30.4 Å². The number of ether oxygens (including phenoxy) is 2. The van der Waals surface area contributed by atoms with Crippen LogP contribution >= 0.6 is 0 Å². The molecule has 1 heterocycles. The lowest BCUT2D eigenvalue weighted by atomic mass is 10.0. The largest absolute Gasteiger partial charge is 0.493 e. The van der Waals surface area contributed by atoms with Crippen LogP contribution in [0.25, 0.3) is 11.1 Å². The highest BCUT2D eigenvalue weighted by molar-refractivity contribution is 5.94. The zero-order valence-corrected chi connectivity index (χ0v) is 18.6. The topological polar surface area (TPSA) is 60.5 Å². The maximum Gasteiger partial charge on any atom is 0.251 e. The van der Waals surface area contributed by atoms with Gasteiger partial charge in [-0.25, -0.2) is 0 Å². The number of hydrogen-bond donors (Lipinski definition) is 1. The van der Waals surface area contributed by atoms with E-state index >= 15 is 0 Å². The second-order valence-corrected chi connectivity index (χ2v) is 7.78. The molecule has 5 heteroatoms. The van der Waals surface area contributed by atoms with Gasteiger partial charge >= 0.3 is 0 Å². The summed E-state index contributed by atoms with van der Waals surface area (Å²) in [6, 6.07) is 15.7. The van der Waals surface area contributed by atoms with Crippen LogP contribution in [-0.2, 0) is 6.42 Å². The van der Waals surface area contributed by atoms with Gasteiger partial charge in [-0.1, -0.05) is 24.3 Å². The fourth-order valence-corrected chi connectivity index (χ4v) is 3.58. The lowest BCUT2D eigenvalue weighted by molar-refractivity contribution is 0.0938. The Morgan fingerprint density at radius 1 is 0.968 bits per heavy atom. The lowest BCUT2D eigenvalue weighted by Crippen LogP contribution is -2.32. The standard InChI is InChI=1S/C26H30N2O3/c1-18-14-20(17-27-16-18)7-5-6-19(2)28-26(29)22-10-8-21(9-11-22)23-12-13-24(30-3)25(15-23)31-4/h8-17,19H,5-7H2,1-4H3,(H,28,29). The highest BCUT2D eigenvalue weighted by atomic mass is 16.5. The van der Waals surface area contributed by atoms with E-state index in [1.54, 1.807) is 14.2 Å². The summed E-state index contributed by atoms with van der Waals surface area (Å²) in [4.78, 5) is 16.8. The summed E-state index contributed by atoms with van der Waals surface area (Å²) < 4.78 is 10.7. The molecule has 1 amide bonds. The molecule has 3 rings (SSSR count). The molecule has 0 fully saturated rings. The van der Waals surface area contributed by atoms with Gasteiger partial charge < -0.3 is 14.8 Å². The average molecular weight is 419 g/mol. The van der Waals surface area contributed by atoms with Gasteiger partial charge in [0, 0.05) is 24.0 Å². The number of carbonyl (C=O) groups excluding carboxylic acids is 1. The Balaban J connectivity index is 1.55. The molecule has 1 atom stereocenters. The van der Waals surface area contributed by atoms with Crippen molar-refractivity contribution >= 4 is 5.91 Å². The summed E-state index contributed by atoms with van der Waals surface area (Å²) >= 11 is 0. The molecule has 3 aromatic rings. The van der Waals surface area contributed by atoms with Gasteiger partial charge in [-0.3, -0.25) is 9.78 Å². The molecular weight excluding hydrogens is 388 g/mol. The summed E-state index contributed by atoms with van der Waals surface area (Å²) in [7, 11) is 3.24. The van der Waals surface area contributed by atoms with Crippen LogP contribution in [0.5, 0.6) is 11.5 Å². The van der Waals surface area contributed by atoms with E-state index in [4.69, 9.17) is 9.47 Å². The predicted octanol–water partition coefficient (Wildman–Crippen LogP) is 5.22. The molecule has 1 N–H and O–H groups in total. The van der Waals surface area contributed by atoms with Crippen LogP contribution in [0.1, 0.15) is 41.3 Å². The summed E-state index contributed by atoms with van der Waals surface area (Å²) in [6.45, 7) is 4.10. The number of benzene rings is 2. The molecule has 162 valence electrons. The molecule has 1 aromatic heterocycles. The van der Waals surface area contributed by atoms with Crippen molar-refractivity contribution in [1.82, 2.24) is 10.3 Å². The maximum absolute atomic E-state index is 12.6. The molecule has 31 heavy (non-hydrogen) atoms. The van der Waals surface area contributed by atoms with Crippen molar-refractivity contribution in [2.24, 2.45) is 0 Å². The third-order valence-electron chi connectivity index (χ3n) is 5.28. The minimum absolute atomic E-state index is 0.0522. The number of nitrogens with zero attached hydrogens (tertiary/aromatic N) is 1. The molecular formula is C26H30N2O3. The van der Waals surface area contributed by atoms with Gasteiger partial charge in [-0.15, -0.1) is 0 Å². The highest BCUT2D eigenvalue weighted by Crippen LogP contribution is 2.32. The van der Waals surface area contributed by atoms with E-state index in [1.165, 1.54) is 11.1 Å². The molecule has 0 saturated carbocycles. The molecule has 0 aliphatic heterocycles. The summed E-state index contributed by atoms with van der Waals surface area (Å²) in [5.74, 6) is 1.32. The van der Waals surface area contributed by atoms with Crippen LogP contribution in [0, 0.1) is 6.92 Å². The Bertz CT molecular complexity index is 1020. The molecule has 0 radical (unpaired) electrons. The summed E-state index contributed by atoms with van der Waals surface area (Å²) in [6.07, 6.45) is 6.67. The Morgan fingerprint density at radius 3 is 2.35 bits per heavy atom. The molecule has 5 nitrogen and oxygen atoms in total. The molecule has 0 aliphatic carbocycles. The van der Waals surface area contributed by atoms with Crippen molar-refractivity contribution < 1.29 is 14.3 Å². The second kappa shape index (κ2) is 10.6. The summed E-state index contributed by atoms with van der Waals surface area (Å²) in [5.41, 5.74) is 5.08. The van der Waals surface area contributed by atoms with Crippen LogP contribution in [0.15, 0.2) is 60.9 Å². The van der Waals surface area contributed by atoms with E-state index in [2.05, 4.69) is 23.3 Å². The first-order chi connectivity index (χ1) is 15.0. The van der Waals surface area contributed by atoms with E-state index < -0.39 is 0 Å². The van der Waals surface area contributed by atoms with Gasteiger partial charge in [-0.2, -0.15) is 0 Å². The molecule has 0 spiro atoms. The van der Waals surface area contributed by atoms with E-state index in [9.17, 15) is 4.79 Å². The van der Waals surface area contributed by atoms with E-state index in [-0.39, 0.29) is 11.9 Å². The van der Waals surface area contributed by atoms with Crippen molar-refractivity contribution in [2.75, 3.05) is 14.2 Å². The number of nitrogens with one attached hydrogen (secondary N) is 1. The number of aryl methyl sites for hydroxylation is 2. The lowest BCUT2D eigenvalue weighted by Gasteiger charge is -2.14. The predicted molar refractivity (Wildman–Crippen MR) is 124 cm³/mol. The van der Waals surface area contributed by atoms with E-state index in [0.29, 0.717) is 17.1 Å². The van der Waals surface area contributed by atoms with Gasteiger partial charge in [0.1, 0.15) is 0 Å². The number of amides is 1. The monoisotopic (exact) mass is 418 g/mol. The van der Waals surface area contributed by atoms with Crippen LogP contribution in [0.3, 0.4) is 0 Å². The quantitative estimate of drug-likeness (QED) is 0.518. The van der Waals surface area contributed by atoms with Crippen LogP contribution in [-0.4, -0.2) is 31.2 Å². The van der Waals surface area contributed by atoms with Crippen LogP contribution in [0.2, 0.25) is 0 Å². The first kappa shape index (κ1) is 22.3. The SMILES string of the molecule is COc1ccc(-c2ccc(C(=O)NC(C)CCCc3cncc(C)c3)cc2)cc1OC. The van der Waals surface area contributed by atoms with Crippen LogP contribution < -0.4 is 14.8 Å². The average Bonchev–Trinajstić information content (AvgIpc) is 2.78. The Kier molecular flexibility index (Phi) is 7.65. The molecule has 0 aliphatic rings. The normalized spacial score (nSPS) is 11.6. The minimum atomic E-state index is -0.0522. The van der Waals surface area contributed by atoms with Gasteiger partial charge in [0.2, 0.25) is 0 Å². The Hall–Kier alpha value is -3.34. The molecule has 1 unspecified atom stereocenters. The number of pyridine rings is 1. The van der Waals surface area contributed by atoms with Gasteiger partial charge in [0.05, 0.1) is 14.2 Å². The first-order valence-electron chi connectivity index (χ1n) is 10.5. The fourth-order valence-electron chi connectivity index (χ4n) is 3.58. The van der Waals surface area contributed by atoms with Gasteiger partial charge in [-0.05, 0) is 79.6 Å². The highest BCUT2D eigenvalue weighted by Gasteiger charge is 2.11.